The van der Waals surface area contributed by atoms with Crippen molar-refractivity contribution in [1.82, 2.24) is 9.97 Å². The van der Waals surface area contributed by atoms with Gasteiger partial charge in [0.1, 0.15) is 31.2 Å². The van der Waals surface area contributed by atoms with Crippen LogP contribution in [-0.2, 0) is 19.5 Å². The van der Waals surface area contributed by atoms with Gasteiger partial charge in [0.25, 0.3) is 10.0 Å². The highest BCUT2D eigenvalue weighted by atomic mass is 32.2. The molecule has 4 rings (SSSR count). The van der Waals surface area contributed by atoms with E-state index in [9.17, 15) is 12.8 Å². The van der Waals surface area contributed by atoms with E-state index in [4.69, 9.17) is 18.9 Å². The predicted molar refractivity (Wildman–Crippen MR) is 137 cm³/mol. The molecule has 0 aliphatic carbocycles. The number of nitrogens with zero attached hydrogens (tertiary/aromatic N) is 2. The summed E-state index contributed by atoms with van der Waals surface area (Å²) < 4.78 is 77.9. The Balaban J connectivity index is 1.69. The number of rotatable bonds is 12. The lowest BCUT2D eigenvalue weighted by atomic mass is 10.0. The van der Waals surface area contributed by atoms with Gasteiger partial charge in [-0.2, -0.15) is 0 Å². The maximum absolute atomic E-state index is 15.3. The second-order valence-corrected chi connectivity index (χ2v) is 9.66. The second-order valence-electron chi connectivity index (χ2n) is 7.98. The highest BCUT2D eigenvalue weighted by molar-refractivity contribution is 7.92. The van der Waals surface area contributed by atoms with Crippen molar-refractivity contribution in [3.05, 3.63) is 72.6 Å². The van der Waals surface area contributed by atoms with Crippen LogP contribution in [0.5, 0.6) is 11.5 Å². The van der Waals surface area contributed by atoms with Crippen LogP contribution in [-0.4, -0.2) is 59.0 Å². The van der Waals surface area contributed by atoms with Crippen LogP contribution < -0.4 is 14.2 Å². The van der Waals surface area contributed by atoms with Gasteiger partial charge in [-0.05, 0) is 42.5 Å². The van der Waals surface area contributed by atoms with Crippen LogP contribution in [0.3, 0.4) is 0 Å². The molecule has 0 radical (unpaired) electrons. The molecule has 1 heterocycles. The molecule has 3 aromatic carbocycles. The number of fused-ring (bicyclic) bond motifs is 1. The fraction of sp³-hybridized carbons (Fsp3) is 0.231. The summed E-state index contributed by atoms with van der Waals surface area (Å²) in [7, 11) is -1.01. The Morgan fingerprint density at radius 2 is 1.55 bits per heavy atom. The number of hydrogen-bond donors (Lipinski definition) is 1. The van der Waals surface area contributed by atoms with Gasteiger partial charge in [0.05, 0.1) is 35.0 Å². The minimum absolute atomic E-state index is 0.0358. The topological polar surface area (TPSA) is 109 Å². The maximum Gasteiger partial charge on any atom is 0.261 e. The summed E-state index contributed by atoms with van der Waals surface area (Å²) in [6.45, 7) is 1.24. The van der Waals surface area contributed by atoms with Gasteiger partial charge in [0.2, 0.25) is 0 Å². The standard InChI is InChI=1S/C26H25F2N3O6S/c1-34-8-10-36-24-14-21-23(15-25(24)37-11-9-35-2)29-16-30-26(21)20-7-6-18(13-22(20)28)31-38(32,33)19-5-3-4-17(27)12-19/h3-7,12-16,31H,8-11H2,1-2H3. The Kier molecular flexibility index (Phi) is 8.66. The molecule has 0 saturated carbocycles. The van der Waals surface area contributed by atoms with E-state index in [2.05, 4.69) is 14.7 Å². The molecule has 38 heavy (non-hydrogen) atoms. The number of nitrogens with one attached hydrogen (secondary N) is 1. The Bertz CT molecular complexity index is 1540. The fourth-order valence-electron chi connectivity index (χ4n) is 3.59. The maximum atomic E-state index is 15.3. The normalized spacial score (nSPS) is 11.5. The number of methoxy groups -OCH3 is 2. The SMILES string of the molecule is COCCOc1cc2ncnc(-c3ccc(NS(=O)(=O)c4cccc(F)c4)cc3F)c2cc1OCCOC. The van der Waals surface area contributed by atoms with Crippen molar-refractivity contribution < 1.29 is 36.1 Å². The third-order valence-electron chi connectivity index (χ3n) is 5.37. The van der Waals surface area contributed by atoms with Crippen molar-refractivity contribution in [3.63, 3.8) is 0 Å². The molecule has 1 N–H and O–H groups in total. The largest absolute Gasteiger partial charge is 0.487 e. The number of aromatic nitrogens is 2. The fourth-order valence-corrected chi connectivity index (χ4v) is 4.67. The molecule has 0 fully saturated rings. The van der Waals surface area contributed by atoms with Crippen LogP contribution >= 0.6 is 0 Å². The van der Waals surface area contributed by atoms with Gasteiger partial charge in [0.15, 0.2) is 11.5 Å². The van der Waals surface area contributed by atoms with Crippen molar-refractivity contribution in [3.8, 4) is 22.8 Å². The molecule has 0 saturated heterocycles. The first kappa shape index (κ1) is 27.2. The molecule has 0 aliphatic rings. The zero-order valence-electron chi connectivity index (χ0n) is 20.6. The summed E-state index contributed by atoms with van der Waals surface area (Å²) in [5.41, 5.74) is 0.831. The van der Waals surface area contributed by atoms with Gasteiger partial charge in [-0.1, -0.05) is 6.07 Å². The predicted octanol–water partition coefficient (Wildman–Crippen LogP) is 4.43. The average molecular weight is 546 g/mol. The summed E-state index contributed by atoms with van der Waals surface area (Å²) in [5, 5.41) is 0.492. The molecule has 0 amide bonds. The first-order valence-electron chi connectivity index (χ1n) is 11.4. The summed E-state index contributed by atoms with van der Waals surface area (Å²) in [5.74, 6) is -0.617. The Labute approximate surface area is 218 Å². The molecular weight excluding hydrogens is 520 g/mol. The third kappa shape index (κ3) is 6.33. The summed E-state index contributed by atoms with van der Waals surface area (Å²) >= 11 is 0. The smallest absolute Gasteiger partial charge is 0.261 e. The Hall–Kier alpha value is -3.87. The van der Waals surface area contributed by atoms with E-state index in [1.165, 1.54) is 30.6 Å². The minimum atomic E-state index is -4.13. The van der Waals surface area contributed by atoms with E-state index in [1.54, 1.807) is 26.4 Å². The monoisotopic (exact) mass is 545 g/mol. The van der Waals surface area contributed by atoms with Crippen LogP contribution in [0.1, 0.15) is 0 Å². The second kappa shape index (κ2) is 12.1. The molecule has 12 heteroatoms. The van der Waals surface area contributed by atoms with Gasteiger partial charge >= 0.3 is 0 Å². The molecule has 0 atom stereocenters. The van der Waals surface area contributed by atoms with Crippen LogP contribution in [0, 0.1) is 11.6 Å². The van der Waals surface area contributed by atoms with Crippen LogP contribution in [0.15, 0.2) is 65.8 Å². The zero-order chi connectivity index (χ0) is 27.1. The number of sulfonamides is 1. The summed E-state index contributed by atoms with van der Waals surface area (Å²) in [4.78, 5) is 8.27. The van der Waals surface area contributed by atoms with E-state index >= 15 is 4.39 Å². The Morgan fingerprint density at radius 1 is 0.842 bits per heavy atom. The molecule has 9 nitrogen and oxygen atoms in total. The van der Waals surface area contributed by atoms with Crippen LogP contribution in [0.2, 0.25) is 0 Å². The number of anilines is 1. The summed E-state index contributed by atoms with van der Waals surface area (Å²) in [6.07, 6.45) is 1.29. The lowest BCUT2D eigenvalue weighted by molar-refractivity contribution is 0.132. The van der Waals surface area contributed by atoms with Crippen LogP contribution in [0.4, 0.5) is 14.5 Å². The number of benzene rings is 3. The van der Waals surface area contributed by atoms with E-state index in [-0.39, 0.29) is 35.1 Å². The van der Waals surface area contributed by atoms with Gasteiger partial charge in [0, 0.05) is 31.2 Å². The highest BCUT2D eigenvalue weighted by Crippen LogP contribution is 2.37. The molecule has 0 aliphatic heterocycles. The Morgan fingerprint density at radius 3 is 2.21 bits per heavy atom. The lowest BCUT2D eigenvalue weighted by Gasteiger charge is -2.15. The van der Waals surface area contributed by atoms with Gasteiger partial charge in [-0.25, -0.2) is 27.2 Å². The molecule has 200 valence electrons. The molecular formula is C26H25F2N3O6S. The van der Waals surface area contributed by atoms with Gasteiger partial charge < -0.3 is 18.9 Å². The molecule has 1 aromatic heterocycles. The van der Waals surface area contributed by atoms with Crippen molar-refractivity contribution in [2.75, 3.05) is 45.4 Å². The average Bonchev–Trinajstić information content (AvgIpc) is 2.89. The quantitative estimate of drug-likeness (QED) is 0.261. The molecule has 0 bridgehead atoms. The lowest BCUT2D eigenvalue weighted by Crippen LogP contribution is -2.13. The number of halogens is 2. The molecule has 0 spiro atoms. The highest BCUT2D eigenvalue weighted by Gasteiger charge is 2.19. The van der Waals surface area contributed by atoms with Gasteiger partial charge in [-0.3, -0.25) is 4.72 Å². The van der Waals surface area contributed by atoms with Crippen molar-refractivity contribution in [2.24, 2.45) is 0 Å². The van der Waals surface area contributed by atoms with E-state index in [0.717, 1.165) is 18.2 Å². The zero-order valence-corrected chi connectivity index (χ0v) is 21.4. The van der Waals surface area contributed by atoms with Crippen molar-refractivity contribution in [2.45, 2.75) is 4.90 Å². The van der Waals surface area contributed by atoms with Crippen molar-refractivity contribution in [1.29, 1.82) is 0 Å². The summed E-state index contributed by atoms with van der Waals surface area (Å²) in [6, 6.07) is 11.6. The molecule has 4 aromatic rings. The first-order valence-corrected chi connectivity index (χ1v) is 12.9. The van der Waals surface area contributed by atoms with Gasteiger partial charge in [-0.15, -0.1) is 0 Å². The van der Waals surface area contributed by atoms with Crippen molar-refractivity contribution >= 4 is 26.6 Å². The van der Waals surface area contributed by atoms with E-state index in [1.807, 2.05) is 0 Å². The first-order chi connectivity index (χ1) is 18.3. The third-order valence-corrected chi connectivity index (χ3v) is 6.75. The van der Waals surface area contributed by atoms with Crippen LogP contribution in [0.25, 0.3) is 22.2 Å². The minimum Gasteiger partial charge on any atom is -0.487 e. The molecule has 0 unspecified atom stereocenters. The van der Waals surface area contributed by atoms with E-state index in [0.29, 0.717) is 35.6 Å². The number of hydrogen-bond acceptors (Lipinski definition) is 8. The number of ether oxygens (including phenoxy) is 4. The van der Waals surface area contributed by atoms with E-state index < -0.39 is 21.7 Å².